The molecular formula is C15H19F2N3. The molecule has 1 aliphatic heterocycles. The molecule has 2 rings (SSSR count). The molecule has 1 unspecified atom stereocenters. The highest BCUT2D eigenvalue weighted by molar-refractivity contribution is 5.93. The molecule has 3 nitrogen and oxygen atoms in total. The van der Waals surface area contributed by atoms with E-state index in [9.17, 15) is 8.78 Å². The van der Waals surface area contributed by atoms with Gasteiger partial charge >= 0.3 is 0 Å². The van der Waals surface area contributed by atoms with Crippen molar-refractivity contribution in [3.8, 4) is 0 Å². The first-order valence-corrected chi connectivity index (χ1v) is 6.66. The van der Waals surface area contributed by atoms with Gasteiger partial charge in [0.05, 0.1) is 6.04 Å². The Morgan fingerprint density at radius 1 is 1.15 bits per heavy atom. The fourth-order valence-corrected chi connectivity index (χ4v) is 1.98. The number of nitrogens with one attached hydrogen (secondary N) is 1. The molecule has 0 bridgehead atoms. The molecule has 20 heavy (non-hydrogen) atoms. The zero-order chi connectivity index (χ0) is 14.7. The number of aliphatic imine (C=N–C) groups is 1. The summed E-state index contributed by atoms with van der Waals surface area (Å²) in [6.07, 6.45) is 3.84. The van der Waals surface area contributed by atoms with Crippen LogP contribution in [0.3, 0.4) is 0 Å². The van der Waals surface area contributed by atoms with Gasteiger partial charge in [0.25, 0.3) is 0 Å². The van der Waals surface area contributed by atoms with E-state index >= 15 is 0 Å². The Balaban J connectivity index is 2.02. The molecule has 1 aromatic carbocycles. The van der Waals surface area contributed by atoms with Gasteiger partial charge in [0, 0.05) is 18.3 Å². The van der Waals surface area contributed by atoms with Crippen molar-refractivity contribution < 1.29 is 8.78 Å². The monoisotopic (exact) mass is 279 g/mol. The van der Waals surface area contributed by atoms with Crippen LogP contribution >= 0.6 is 0 Å². The van der Waals surface area contributed by atoms with Crippen molar-refractivity contribution in [3.05, 3.63) is 47.7 Å². The van der Waals surface area contributed by atoms with E-state index < -0.39 is 11.6 Å². The average molecular weight is 279 g/mol. The summed E-state index contributed by atoms with van der Waals surface area (Å²) in [5, 5.41) is 3.15. The first-order valence-electron chi connectivity index (χ1n) is 6.66. The molecule has 108 valence electrons. The van der Waals surface area contributed by atoms with Crippen LogP contribution in [0.2, 0.25) is 0 Å². The van der Waals surface area contributed by atoms with Gasteiger partial charge in [-0.1, -0.05) is 0 Å². The predicted molar refractivity (Wildman–Crippen MR) is 76.3 cm³/mol. The van der Waals surface area contributed by atoms with Crippen molar-refractivity contribution in [2.75, 3.05) is 6.67 Å². The quantitative estimate of drug-likeness (QED) is 0.920. The summed E-state index contributed by atoms with van der Waals surface area (Å²) in [5.41, 5.74) is 0.560. The van der Waals surface area contributed by atoms with Crippen molar-refractivity contribution in [1.82, 2.24) is 10.2 Å². The van der Waals surface area contributed by atoms with Crippen LogP contribution in [-0.4, -0.2) is 23.4 Å². The number of halogens is 2. The van der Waals surface area contributed by atoms with Gasteiger partial charge in [-0.2, -0.15) is 0 Å². The minimum absolute atomic E-state index is 0.214. The van der Waals surface area contributed by atoms with Gasteiger partial charge in [-0.15, -0.1) is 0 Å². The van der Waals surface area contributed by atoms with Crippen LogP contribution in [0.5, 0.6) is 0 Å². The molecule has 1 heterocycles. The van der Waals surface area contributed by atoms with Gasteiger partial charge in [-0.3, -0.25) is 0 Å². The SMILES string of the molecule is CC(NC1=NCN(C(C)C)C=C1)c1cc(F)cc(F)c1. The molecule has 0 saturated carbocycles. The molecule has 1 atom stereocenters. The van der Waals surface area contributed by atoms with Gasteiger partial charge in [0.2, 0.25) is 0 Å². The predicted octanol–water partition coefficient (Wildman–Crippen LogP) is 3.21. The van der Waals surface area contributed by atoms with E-state index in [0.717, 1.165) is 11.9 Å². The summed E-state index contributed by atoms with van der Waals surface area (Å²) < 4.78 is 26.4. The van der Waals surface area contributed by atoms with E-state index in [1.165, 1.54) is 12.1 Å². The van der Waals surface area contributed by atoms with E-state index in [0.29, 0.717) is 18.3 Å². The Labute approximate surface area is 118 Å². The molecule has 0 saturated heterocycles. The third kappa shape index (κ3) is 3.56. The van der Waals surface area contributed by atoms with Crippen molar-refractivity contribution in [2.24, 2.45) is 4.99 Å². The molecule has 0 fully saturated rings. The third-order valence-electron chi connectivity index (χ3n) is 3.24. The largest absolute Gasteiger partial charge is 0.364 e. The van der Waals surface area contributed by atoms with Gasteiger partial charge in [-0.25, -0.2) is 13.8 Å². The number of nitrogens with zero attached hydrogens (tertiary/aromatic N) is 2. The Kier molecular flexibility index (Phi) is 4.37. The smallest absolute Gasteiger partial charge is 0.126 e. The minimum Gasteiger partial charge on any atom is -0.364 e. The van der Waals surface area contributed by atoms with Crippen LogP contribution in [0.25, 0.3) is 0 Å². The summed E-state index contributed by atoms with van der Waals surface area (Å²) in [6, 6.07) is 3.71. The number of amidine groups is 1. The first kappa shape index (κ1) is 14.5. The highest BCUT2D eigenvalue weighted by Crippen LogP contribution is 2.16. The summed E-state index contributed by atoms with van der Waals surface area (Å²) in [5.74, 6) is -0.416. The molecule has 0 aliphatic carbocycles. The van der Waals surface area contributed by atoms with Crippen molar-refractivity contribution in [1.29, 1.82) is 0 Å². The van der Waals surface area contributed by atoms with E-state index in [1.807, 2.05) is 19.2 Å². The molecule has 5 heteroatoms. The number of hydrogen-bond acceptors (Lipinski definition) is 3. The van der Waals surface area contributed by atoms with Crippen LogP contribution in [0, 0.1) is 11.6 Å². The van der Waals surface area contributed by atoms with E-state index in [2.05, 4.69) is 29.1 Å². The van der Waals surface area contributed by atoms with Gasteiger partial charge in [0.15, 0.2) is 0 Å². The maximum atomic E-state index is 13.2. The lowest BCUT2D eigenvalue weighted by Gasteiger charge is -2.27. The summed E-state index contributed by atoms with van der Waals surface area (Å²) in [7, 11) is 0. The van der Waals surface area contributed by atoms with Gasteiger partial charge < -0.3 is 10.2 Å². The van der Waals surface area contributed by atoms with Crippen molar-refractivity contribution in [3.63, 3.8) is 0 Å². The normalized spacial score (nSPS) is 16.3. The second-order valence-electron chi connectivity index (χ2n) is 5.18. The van der Waals surface area contributed by atoms with Gasteiger partial charge in [0.1, 0.15) is 24.1 Å². The molecule has 1 aromatic rings. The lowest BCUT2D eigenvalue weighted by molar-refractivity contribution is 0.317. The zero-order valence-corrected chi connectivity index (χ0v) is 11.9. The van der Waals surface area contributed by atoms with Crippen molar-refractivity contribution in [2.45, 2.75) is 32.9 Å². The number of rotatable bonds is 3. The molecular weight excluding hydrogens is 260 g/mol. The zero-order valence-electron chi connectivity index (χ0n) is 11.9. The van der Waals surface area contributed by atoms with Crippen LogP contribution in [0.4, 0.5) is 8.78 Å². The van der Waals surface area contributed by atoms with E-state index in [1.54, 1.807) is 0 Å². The average Bonchev–Trinajstić information content (AvgIpc) is 2.38. The molecule has 1 aliphatic rings. The van der Waals surface area contributed by atoms with Gasteiger partial charge in [-0.05, 0) is 44.5 Å². The summed E-state index contributed by atoms with van der Waals surface area (Å²) in [4.78, 5) is 6.49. The molecule has 0 spiro atoms. The molecule has 0 aromatic heterocycles. The second-order valence-corrected chi connectivity index (χ2v) is 5.18. The Hall–Kier alpha value is -1.91. The highest BCUT2D eigenvalue weighted by Gasteiger charge is 2.13. The summed E-state index contributed by atoms with van der Waals surface area (Å²) in [6.45, 7) is 6.62. The maximum absolute atomic E-state index is 13.2. The maximum Gasteiger partial charge on any atom is 0.126 e. The standard InChI is InChI=1S/C15H19F2N3/c1-10(2)20-5-4-15(18-9-20)19-11(3)12-6-13(16)8-14(17)7-12/h4-8,10-11H,9H2,1-3H3,(H,18,19). The fraction of sp³-hybridized carbons (Fsp3) is 0.400. The van der Waals surface area contributed by atoms with Crippen LogP contribution in [-0.2, 0) is 0 Å². The molecule has 1 N–H and O–H groups in total. The Morgan fingerprint density at radius 3 is 2.30 bits per heavy atom. The second kappa shape index (κ2) is 6.03. The third-order valence-corrected chi connectivity index (χ3v) is 3.24. The number of hydrogen-bond donors (Lipinski definition) is 1. The van der Waals surface area contributed by atoms with Crippen LogP contribution in [0.15, 0.2) is 35.5 Å². The van der Waals surface area contributed by atoms with Crippen molar-refractivity contribution >= 4 is 5.84 Å². The Morgan fingerprint density at radius 2 is 1.80 bits per heavy atom. The number of benzene rings is 1. The van der Waals surface area contributed by atoms with E-state index in [-0.39, 0.29) is 6.04 Å². The minimum atomic E-state index is -0.569. The Bertz CT molecular complexity index is 518. The lowest BCUT2D eigenvalue weighted by atomic mass is 10.1. The van der Waals surface area contributed by atoms with Crippen LogP contribution in [0.1, 0.15) is 32.4 Å². The molecule has 0 amide bonds. The molecule has 0 radical (unpaired) electrons. The highest BCUT2D eigenvalue weighted by atomic mass is 19.1. The summed E-state index contributed by atoms with van der Waals surface area (Å²) >= 11 is 0. The lowest BCUT2D eigenvalue weighted by Crippen LogP contribution is -2.33. The fourth-order valence-electron chi connectivity index (χ4n) is 1.98. The van der Waals surface area contributed by atoms with Crippen LogP contribution < -0.4 is 5.32 Å². The topological polar surface area (TPSA) is 27.6 Å². The first-order chi connectivity index (χ1) is 9.45. The van der Waals surface area contributed by atoms with E-state index in [4.69, 9.17) is 0 Å².